The van der Waals surface area contributed by atoms with E-state index >= 15 is 0 Å². The Bertz CT molecular complexity index is 583. The van der Waals surface area contributed by atoms with Gasteiger partial charge in [0.2, 0.25) is 0 Å². The van der Waals surface area contributed by atoms with Gasteiger partial charge in [0, 0.05) is 5.69 Å². The summed E-state index contributed by atoms with van der Waals surface area (Å²) in [5.41, 5.74) is 2.71. The molecule has 0 radical (unpaired) electrons. The van der Waals surface area contributed by atoms with Crippen molar-refractivity contribution in [2.24, 2.45) is 0 Å². The standard InChI is InChI=1S/C14H14N2O3/c1-9-6-10(2)8-11(7-9)15-14(18)16-13(17)12-4-3-5-19-12/h3-8H,1-2H3,(H2,15,16,17,18). The monoisotopic (exact) mass is 258 g/mol. The molecule has 3 amide bonds. The van der Waals surface area contributed by atoms with Crippen LogP contribution in [0.25, 0.3) is 0 Å². The second-order valence-electron chi connectivity index (χ2n) is 4.26. The van der Waals surface area contributed by atoms with E-state index < -0.39 is 11.9 Å². The highest BCUT2D eigenvalue weighted by molar-refractivity contribution is 6.06. The molecule has 5 nitrogen and oxygen atoms in total. The lowest BCUT2D eigenvalue weighted by Crippen LogP contribution is -2.34. The Morgan fingerprint density at radius 1 is 1.11 bits per heavy atom. The predicted molar refractivity (Wildman–Crippen MR) is 71.1 cm³/mol. The van der Waals surface area contributed by atoms with Crippen LogP contribution in [0.2, 0.25) is 0 Å². The third-order valence-corrected chi connectivity index (χ3v) is 2.45. The summed E-state index contributed by atoms with van der Waals surface area (Å²) in [6.07, 6.45) is 1.37. The molecule has 0 unspecified atom stereocenters. The summed E-state index contributed by atoms with van der Waals surface area (Å²) in [5, 5.41) is 4.79. The molecule has 0 aliphatic rings. The van der Waals surface area contributed by atoms with E-state index in [-0.39, 0.29) is 5.76 Å². The number of anilines is 1. The molecule has 1 heterocycles. The van der Waals surface area contributed by atoms with Gasteiger partial charge < -0.3 is 9.73 Å². The molecule has 0 saturated heterocycles. The average molecular weight is 258 g/mol. The summed E-state index contributed by atoms with van der Waals surface area (Å²) in [4.78, 5) is 23.2. The number of carbonyl (C=O) groups is 2. The zero-order chi connectivity index (χ0) is 13.8. The van der Waals surface area contributed by atoms with Gasteiger partial charge in [-0.25, -0.2) is 4.79 Å². The van der Waals surface area contributed by atoms with Gasteiger partial charge in [-0.05, 0) is 49.2 Å². The highest BCUT2D eigenvalue weighted by Crippen LogP contribution is 2.13. The van der Waals surface area contributed by atoms with Crippen LogP contribution in [0.4, 0.5) is 10.5 Å². The minimum absolute atomic E-state index is 0.0931. The molecule has 0 spiro atoms. The van der Waals surface area contributed by atoms with Crippen LogP contribution in [-0.2, 0) is 0 Å². The number of nitrogens with one attached hydrogen (secondary N) is 2. The van der Waals surface area contributed by atoms with Gasteiger partial charge in [-0.15, -0.1) is 0 Å². The van der Waals surface area contributed by atoms with Crippen LogP contribution >= 0.6 is 0 Å². The number of carbonyl (C=O) groups excluding carboxylic acids is 2. The topological polar surface area (TPSA) is 71.3 Å². The van der Waals surface area contributed by atoms with Crippen LogP contribution in [-0.4, -0.2) is 11.9 Å². The van der Waals surface area contributed by atoms with Crippen LogP contribution < -0.4 is 10.6 Å². The molecule has 98 valence electrons. The molecule has 2 rings (SSSR count). The Kier molecular flexibility index (Phi) is 3.66. The van der Waals surface area contributed by atoms with Crippen molar-refractivity contribution in [1.82, 2.24) is 5.32 Å². The number of hydrogen-bond acceptors (Lipinski definition) is 3. The molecule has 1 aromatic heterocycles. The first-order valence-corrected chi connectivity index (χ1v) is 5.79. The van der Waals surface area contributed by atoms with E-state index in [1.54, 1.807) is 6.07 Å². The number of urea groups is 1. The van der Waals surface area contributed by atoms with Gasteiger partial charge in [0.05, 0.1) is 6.26 Å². The largest absolute Gasteiger partial charge is 0.459 e. The molecule has 0 bridgehead atoms. The molecule has 0 atom stereocenters. The molecular weight excluding hydrogens is 244 g/mol. The van der Waals surface area contributed by atoms with Crippen LogP contribution in [0, 0.1) is 13.8 Å². The van der Waals surface area contributed by atoms with Gasteiger partial charge in [-0.2, -0.15) is 0 Å². The maximum absolute atomic E-state index is 11.7. The molecule has 0 aliphatic carbocycles. The summed E-state index contributed by atoms with van der Waals surface area (Å²) in [6.45, 7) is 3.87. The molecule has 5 heteroatoms. The van der Waals surface area contributed by atoms with Crippen molar-refractivity contribution >= 4 is 17.6 Å². The molecule has 0 fully saturated rings. The molecule has 0 aliphatic heterocycles. The third-order valence-electron chi connectivity index (χ3n) is 2.45. The van der Waals surface area contributed by atoms with Gasteiger partial charge in [0.1, 0.15) is 0 Å². The number of hydrogen-bond donors (Lipinski definition) is 2. The van der Waals surface area contributed by atoms with Crippen LogP contribution in [0.15, 0.2) is 41.0 Å². The highest BCUT2D eigenvalue weighted by Gasteiger charge is 2.12. The quantitative estimate of drug-likeness (QED) is 0.870. The average Bonchev–Trinajstić information content (AvgIpc) is 2.80. The summed E-state index contributed by atoms with van der Waals surface area (Å²) < 4.78 is 4.89. The summed E-state index contributed by atoms with van der Waals surface area (Å²) in [7, 11) is 0. The molecule has 19 heavy (non-hydrogen) atoms. The van der Waals surface area contributed by atoms with E-state index in [1.165, 1.54) is 12.3 Å². The first-order chi connectivity index (χ1) is 9.04. The van der Waals surface area contributed by atoms with Crippen molar-refractivity contribution in [3.63, 3.8) is 0 Å². The maximum Gasteiger partial charge on any atom is 0.326 e. The lowest BCUT2D eigenvalue weighted by molar-refractivity contribution is 0.0940. The molecule has 0 saturated carbocycles. The van der Waals surface area contributed by atoms with Gasteiger partial charge in [-0.3, -0.25) is 10.1 Å². The Hall–Kier alpha value is -2.56. The smallest absolute Gasteiger partial charge is 0.326 e. The van der Waals surface area contributed by atoms with Crippen molar-refractivity contribution in [3.05, 3.63) is 53.5 Å². The van der Waals surface area contributed by atoms with Crippen LogP contribution in [0.5, 0.6) is 0 Å². The van der Waals surface area contributed by atoms with Gasteiger partial charge in [0.25, 0.3) is 5.91 Å². The number of rotatable bonds is 2. The summed E-state index contributed by atoms with van der Waals surface area (Å²) in [5.74, 6) is -0.484. The SMILES string of the molecule is Cc1cc(C)cc(NC(=O)NC(=O)c2ccco2)c1. The van der Waals surface area contributed by atoms with Crippen molar-refractivity contribution in [2.45, 2.75) is 13.8 Å². The number of imide groups is 1. The second kappa shape index (κ2) is 5.39. The van der Waals surface area contributed by atoms with E-state index in [9.17, 15) is 9.59 Å². The predicted octanol–water partition coefficient (Wildman–Crippen LogP) is 2.86. The van der Waals surface area contributed by atoms with Crippen LogP contribution in [0.1, 0.15) is 21.7 Å². The third kappa shape index (κ3) is 3.45. The zero-order valence-electron chi connectivity index (χ0n) is 10.7. The van der Waals surface area contributed by atoms with E-state index in [4.69, 9.17) is 4.42 Å². The fourth-order valence-electron chi connectivity index (χ4n) is 1.78. The zero-order valence-corrected chi connectivity index (χ0v) is 10.7. The van der Waals surface area contributed by atoms with Crippen LogP contribution in [0.3, 0.4) is 0 Å². The highest BCUT2D eigenvalue weighted by atomic mass is 16.3. The minimum atomic E-state index is -0.591. The minimum Gasteiger partial charge on any atom is -0.459 e. The molecule has 2 aromatic rings. The van der Waals surface area contributed by atoms with E-state index in [0.29, 0.717) is 5.69 Å². The fraction of sp³-hybridized carbons (Fsp3) is 0.143. The first-order valence-electron chi connectivity index (χ1n) is 5.79. The summed E-state index contributed by atoms with van der Waals surface area (Å²) >= 11 is 0. The van der Waals surface area contributed by atoms with E-state index in [1.807, 2.05) is 32.0 Å². The van der Waals surface area contributed by atoms with E-state index in [2.05, 4.69) is 10.6 Å². The van der Waals surface area contributed by atoms with Gasteiger partial charge in [0.15, 0.2) is 5.76 Å². The van der Waals surface area contributed by atoms with Crippen molar-refractivity contribution in [1.29, 1.82) is 0 Å². The number of benzene rings is 1. The lowest BCUT2D eigenvalue weighted by atomic mass is 10.1. The fourth-order valence-corrected chi connectivity index (χ4v) is 1.78. The Balaban J connectivity index is 1.99. The van der Waals surface area contributed by atoms with E-state index in [0.717, 1.165) is 11.1 Å². The lowest BCUT2D eigenvalue weighted by Gasteiger charge is -2.07. The maximum atomic E-state index is 11.7. The molecular formula is C14H14N2O3. The molecule has 2 N–H and O–H groups in total. The number of amides is 3. The Morgan fingerprint density at radius 3 is 2.37 bits per heavy atom. The number of aryl methyl sites for hydroxylation is 2. The van der Waals surface area contributed by atoms with Crippen molar-refractivity contribution in [3.8, 4) is 0 Å². The normalized spacial score (nSPS) is 10.0. The summed E-state index contributed by atoms with van der Waals surface area (Å²) in [6, 6.07) is 8.12. The molecule has 1 aromatic carbocycles. The number of furan rings is 1. The Labute approximate surface area is 110 Å². The van der Waals surface area contributed by atoms with Gasteiger partial charge in [-0.1, -0.05) is 6.07 Å². The van der Waals surface area contributed by atoms with Crippen molar-refractivity contribution in [2.75, 3.05) is 5.32 Å². The Morgan fingerprint density at radius 2 is 1.79 bits per heavy atom. The van der Waals surface area contributed by atoms with Gasteiger partial charge >= 0.3 is 6.03 Å². The van der Waals surface area contributed by atoms with Crippen molar-refractivity contribution < 1.29 is 14.0 Å². The first kappa shape index (κ1) is 12.9. The second-order valence-corrected chi connectivity index (χ2v) is 4.26.